The van der Waals surface area contributed by atoms with E-state index in [9.17, 15) is 9.50 Å². The first-order valence-corrected chi connectivity index (χ1v) is 6.04. The van der Waals surface area contributed by atoms with E-state index in [2.05, 4.69) is 4.98 Å². The van der Waals surface area contributed by atoms with Gasteiger partial charge in [0.2, 0.25) is 0 Å². The molecule has 0 fully saturated rings. The van der Waals surface area contributed by atoms with Crippen LogP contribution in [0.3, 0.4) is 0 Å². The van der Waals surface area contributed by atoms with Crippen LogP contribution < -0.4 is 4.74 Å². The molecular formula is C15H12FNO3. The van der Waals surface area contributed by atoms with Crippen LogP contribution >= 0.6 is 0 Å². The van der Waals surface area contributed by atoms with Gasteiger partial charge in [-0.2, -0.15) is 0 Å². The molecule has 102 valence electrons. The van der Waals surface area contributed by atoms with Crippen LogP contribution in [0, 0.1) is 5.82 Å². The second kappa shape index (κ2) is 4.94. The van der Waals surface area contributed by atoms with Crippen LogP contribution in [0.4, 0.5) is 4.39 Å². The van der Waals surface area contributed by atoms with Gasteiger partial charge in [-0.05, 0) is 18.2 Å². The zero-order valence-electron chi connectivity index (χ0n) is 10.7. The number of nitrogens with zero attached hydrogens (tertiary/aromatic N) is 1. The molecular weight excluding hydrogens is 261 g/mol. The Bertz CT molecular complexity index is 754. The largest absolute Gasteiger partial charge is 0.495 e. The van der Waals surface area contributed by atoms with Gasteiger partial charge >= 0.3 is 0 Å². The van der Waals surface area contributed by atoms with Crippen LogP contribution in [-0.4, -0.2) is 17.2 Å². The lowest BCUT2D eigenvalue weighted by Gasteiger charge is -2.11. The highest BCUT2D eigenvalue weighted by atomic mass is 19.1. The van der Waals surface area contributed by atoms with Crippen molar-refractivity contribution in [3.05, 3.63) is 59.9 Å². The smallest absolute Gasteiger partial charge is 0.170 e. The van der Waals surface area contributed by atoms with Crippen molar-refractivity contribution in [3.63, 3.8) is 0 Å². The van der Waals surface area contributed by atoms with Gasteiger partial charge in [0.25, 0.3) is 0 Å². The number of benzene rings is 1. The first kappa shape index (κ1) is 12.6. The number of para-hydroxylation sites is 1. The molecule has 3 rings (SSSR count). The van der Waals surface area contributed by atoms with Crippen LogP contribution in [0.25, 0.3) is 11.0 Å². The molecule has 1 unspecified atom stereocenters. The van der Waals surface area contributed by atoms with Gasteiger partial charge in [0.05, 0.1) is 13.3 Å². The van der Waals surface area contributed by atoms with Crippen LogP contribution in [0.1, 0.15) is 17.4 Å². The predicted molar refractivity (Wildman–Crippen MR) is 71.0 cm³/mol. The van der Waals surface area contributed by atoms with Gasteiger partial charge < -0.3 is 14.3 Å². The van der Waals surface area contributed by atoms with Gasteiger partial charge in [-0.25, -0.2) is 4.39 Å². The average molecular weight is 273 g/mol. The number of pyridine rings is 1. The van der Waals surface area contributed by atoms with Crippen molar-refractivity contribution >= 4 is 11.0 Å². The molecule has 2 heterocycles. The molecule has 0 aliphatic rings. The van der Waals surface area contributed by atoms with E-state index in [1.165, 1.54) is 19.4 Å². The summed E-state index contributed by atoms with van der Waals surface area (Å²) in [7, 11) is 1.49. The van der Waals surface area contributed by atoms with Crippen LogP contribution in [-0.2, 0) is 0 Å². The van der Waals surface area contributed by atoms with Gasteiger partial charge in [-0.3, -0.25) is 4.98 Å². The highest BCUT2D eigenvalue weighted by Crippen LogP contribution is 2.33. The molecule has 0 saturated heterocycles. The van der Waals surface area contributed by atoms with Gasteiger partial charge in [0.1, 0.15) is 17.6 Å². The third-order valence-electron chi connectivity index (χ3n) is 3.12. The zero-order chi connectivity index (χ0) is 14.1. The van der Waals surface area contributed by atoms with Crippen molar-refractivity contribution in [2.75, 3.05) is 7.11 Å². The number of fused-ring (bicyclic) bond motifs is 1. The minimum atomic E-state index is -1.04. The van der Waals surface area contributed by atoms with E-state index in [1.54, 1.807) is 30.5 Å². The summed E-state index contributed by atoms with van der Waals surface area (Å²) in [6.07, 6.45) is 2.01. The SMILES string of the molecule is COc1cnccc1C(O)c1cc2cccc(F)c2o1. The van der Waals surface area contributed by atoms with Crippen molar-refractivity contribution in [3.8, 4) is 5.75 Å². The van der Waals surface area contributed by atoms with E-state index in [0.717, 1.165) is 0 Å². The number of methoxy groups -OCH3 is 1. The molecule has 1 aromatic carbocycles. The Balaban J connectivity index is 2.08. The lowest BCUT2D eigenvalue weighted by atomic mass is 10.1. The molecule has 0 aliphatic carbocycles. The number of aliphatic hydroxyl groups excluding tert-OH is 1. The number of halogens is 1. The Morgan fingerprint density at radius 2 is 2.20 bits per heavy atom. The second-order valence-electron chi connectivity index (χ2n) is 4.33. The third-order valence-corrected chi connectivity index (χ3v) is 3.12. The van der Waals surface area contributed by atoms with Crippen molar-refractivity contribution in [1.29, 1.82) is 0 Å². The normalized spacial score (nSPS) is 12.6. The molecule has 2 aromatic heterocycles. The lowest BCUT2D eigenvalue weighted by Crippen LogP contribution is -2.01. The minimum absolute atomic E-state index is 0.134. The predicted octanol–water partition coefficient (Wildman–Crippen LogP) is 3.06. The first-order valence-electron chi connectivity index (χ1n) is 6.04. The molecule has 4 nitrogen and oxygen atoms in total. The summed E-state index contributed by atoms with van der Waals surface area (Å²) in [6.45, 7) is 0. The maximum absolute atomic E-state index is 13.6. The lowest BCUT2D eigenvalue weighted by molar-refractivity contribution is 0.187. The maximum atomic E-state index is 13.6. The number of aromatic nitrogens is 1. The Morgan fingerprint density at radius 3 is 2.95 bits per heavy atom. The van der Waals surface area contributed by atoms with Gasteiger partial charge in [0, 0.05) is 17.1 Å². The van der Waals surface area contributed by atoms with E-state index in [-0.39, 0.29) is 11.3 Å². The summed E-state index contributed by atoms with van der Waals surface area (Å²) >= 11 is 0. The summed E-state index contributed by atoms with van der Waals surface area (Å²) in [5.74, 6) is 0.248. The van der Waals surface area contributed by atoms with E-state index >= 15 is 0 Å². The van der Waals surface area contributed by atoms with Gasteiger partial charge in [-0.1, -0.05) is 12.1 Å². The van der Waals surface area contributed by atoms with Crippen molar-refractivity contribution in [2.24, 2.45) is 0 Å². The summed E-state index contributed by atoms with van der Waals surface area (Å²) in [6, 6.07) is 7.88. The van der Waals surface area contributed by atoms with Crippen molar-refractivity contribution in [2.45, 2.75) is 6.10 Å². The number of furan rings is 1. The van der Waals surface area contributed by atoms with Crippen LogP contribution in [0.15, 0.2) is 47.1 Å². The number of rotatable bonds is 3. The molecule has 0 saturated carbocycles. The molecule has 0 aliphatic heterocycles. The molecule has 3 aromatic rings. The number of ether oxygens (including phenoxy) is 1. The molecule has 0 bridgehead atoms. The highest BCUT2D eigenvalue weighted by molar-refractivity contribution is 5.78. The Morgan fingerprint density at radius 1 is 1.35 bits per heavy atom. The Kier molecular flexibility index (Phi) is 3.12. The molecule has 1 N–H and O–H groups in total. The Hall–Kier alpha value is -2.40. The van der Waals surface area contributed by atoms with Crippen molar-refractivity contribution in [1.82, 2.24) is 4.98 Å². The molecule has 20 heavy (non-hydrogen) atoms. The summed E-state index contributed by atoms with van der Waals surface area (Å²) in [4.78, 5) is 3.92. The zero-order valence-corrected chi connectivity index (χ0v) is 10.7. The monoisotopic (exact) mass is 273 g/mol. The third kappa shape index (κ3) is 2.02. The van der Waals surface area contributed by atoms with Crippen LogP contribution in [0.5, 0.6) is 5.75 Å². The van der Waals surface area contributed by atoms with Gasteiger partial charge in [-0.15, -0.1) is 0 Å². The molecule has 5 heteroatoms. The highest BCUT2D eigenvalue weighted by Gasteiger charge is 2.20. The summed E-state index contributed by atoms with van der Waals surface area (Å²) in [5, 5.41) is 11.0. The van der Waals surface area contributed by atoms with Crippen LogP contribution in [0.2, 0.25) is 0 Å². The number of hydrogen-bond donors (Lipinski definition) is 1. The van der Waals surface area contributed by atoms with E-state index in [0.29, 0.717) is 16.7 Å². The van der Waals surface area contributed by atoms with Crippen molar-refractivity contribution < 1.29 is 18.7 Å². The average Bonchev–Trinajstić information content (AvgIpc) is 2.92. The van der Waals surface area contributed by atoms with E-state index < -0.39 is 11.9 Å². The molecule has 0 spiro atoms. The second-order valence-corrected chi connectivity index (χ2v) is 4.33. The summed E-state index contributed by atoms with van der Waals surface area (Å²) in [5.41, 5.74) is 0.650. The fraction of sp³-hybridized carbons (Fsp3) is 0.133. The number of aliphatic hydroxyl groups is 1. The van der Waals surface area contributed by atoms with E-state index in [4.69, 9.17) is 9.15 Å². The fourth-order valence-corrected chi connectivity index (χ4v) is 2.12. The topological polar surface area (TPSA) is 55.5 Å². The standard InChI is InChI=1S/C15H12FNO3/c1-19-13-8-17-6-5-10(13)14(18)12-7-9-3-2-4-11(16)15(9)20-12/h2-8,14,18H,1H3. The Labute approximate surface area is 114 Å². The van der Waals surface area contributed by atoms with E-state index in [1.807, 2.05) is 0 Å². The maximum Gasteiger partial charge on any atom is 0.170 e. The van der Waals surface area contributed by atoms with Gasteiger partial charge in [0.15, 0.2) is 11.4 Å². The minimum Gasteiger partial charge on any atom is -0.495 e. The molecule has 1 atom stereocenters. The quantitative estimate of drug-likeness (QED) is 0.796. The summed E-state index contributed by atoms with van der Waals surface area (Å²) < 4.78 is 24.2. The number of hydrogen-bond acceptors (Lipinski definition) is 4. The fourth-order valence-electron chi connectivity index (χ4n) is 2.12. The molecule has 0 radical (unpaired) electrons. The first-order chi connectivity index (χ1) is 9.70. The molecule has 0 amide bonds.